The highest BCUT2D eigenvalue weighted by atomic mass is 32.1. The number of rotatable bonds is 4. The van der Waals surface area contributed by atoms with Crippen molar-refractivity contribution in [1.82, 2.24) is 0 Å². The van der Waals surface area contributed by atoms with Crippen LogP contribution in [0.3, 0.4) is 0 Å². The minimum absolute atomic E-state index is 1.26. The Morgan fingerprint density at radius 2 is 1.00 bits per heavy atom. The Morgan fingerprint density at radius 1 is 0.500 bits per heavy atom. The smallest absolute Gasteiger partial charge is 0.0270 e. The Labute approximate surface area is 150 Å². The first-order valence-corrected chi connectivity index (χ1v) is 9.61. The molecule has 0 aliphatic rings. The molecule has 0 aliphatic heterocycles. The van der Waals surface area contributed by atoms with E-state index in [2.05, 4.69) is 95.7 Å². The predicted molar refractivity (Wildman–Crippen MR) is 110 cm³/mol. The lowest BCUT2D eigenvalue weighted by Gasteiger charge is -2.05. The zero-order chi connectivity index (χ0) is 16.2. The number of thiophene rings is 2. The zero-order valence-corrected chi connectivity index (χ0v) is 14.7. The number of benzene rings is 2. The highest BCUT2D eigenvalue weighted by molar-refractivity contribution is 7.11. The number of hydrogen-bond acceptors (Lipinski definition) is 2. The van der Waals surface area contributed by atoms with Gasteiger partial charge in [-0.3, -0.25) is 0 Å². The molecule has 0 N–H and O–H groups in total. The van der Waals surface area contributed by atoms with Gasteiger partial charge in [0.25, 0.3) is 0 Å². The maximum absolute atomic E-state index is 2.21. The summed E-state index contributed by atoms with van der Waals surface area (Å²) in [6, 6.07) is 21.5. The van der Waals surface area contributed by atoms with Gasteiger partial charge >= 0.3 is 0 Å². The number of fused-ring (bicyclic) bond motifs is 1. The van der Waals surface area contributed by atoms with Gasteiger partial charge in [0, 0.05) is 9.75 Å². The Bertz CT molecular complexity index is 904. The second-order valence-electron chi connectivity index (χ2n) is 5.49. The van der Waals surface area contributed by atoms with Gasteiger partial charge in [0.1, 0.15) is 0 Å². The fourth-order valence-corrected chi connectivity index (χ4v) is 4.00. The topological polar surface area (TPSA) is 0 Å². The van der Waals surface area contributed by atoms with E-state index < -0.39 is 0 Å². The summed E-state index contributed by atoms with van der Waals surface area (Å²) in [5, 5.41) is 6.80. The second kappa shape index (κ2) is 7.00. The Hall–Kier alpha value is -2.42. The molecule has 24 heavy (non-hydrogen) atoms. The molecule has 4 aromatic rings. The minimum atomic E-state index is 1.26. The van der Waals surface area contributed by atoms with Gasteiger partial charge in [0.2, 0.25) is 0 Å². The van der Waals surface area contributed by atoms with Crippen molar-refractivity contribution in [2.45, 2.75) is 0 Å². The van der Waals surface area contributed by atoms with Crippen molar-refractivity contribution in [3.63, 3.8) is 0 Å². The maximum atomic E-state index is 2.21. The van der Waals surface area contributed by atoms with Crippen LogP contribution in [0.15, 0.2) is 71.4 Å². The van der Waals surface area contributed by atoms with Crippen LogP contribution in [0.25, 0.3) is 35.1 Å². The number of hydrogen-bond donors (Lipinski definition) is 0. The van der Waals surface area contributed by atoms with Crippen LogP contribution in [-0.4, -0.2) is 0 Å². The van der Waals surface area contributed by atoms with Crippen LogP contribution < -0.4 is 0 Å². The summed E-state index contributed by atoms with van der Waals surface area (Å²) < 4.78 is 0. The predicted octanol–water partition coefficient (Wildman–Crippen LogP) is 7.30. The van der Waals surface area contributed by atoms with Gasteiger partial charge in [-0.15, -0.1) is 22.7 Å². The summed E-state index contributed by atoms with van der Waals surface area (Å²) >= 11 is 3.52. The molecule has 2 heterocycles. The van der Waals surface area contributed by atoms with Crippen molar-refractivity contribution >= 4 is 57.8 Å². The van der Waals surface area contributed by atoms with Gasteiger partial charge < -0.3 is 0 Å². The molecule has 2 heteroatoms. The summed E-state index contributed by atoms with van der Waals surface area (Å²) in [6.07, 6.45) is 8.79. The highest BCUT2D eigenvalue weighted by Crippen LogP contribution is 2.26. The van der Waals surface area contributed by atoms with E-state index in [0.29, 0.717) is 0 Å². The molecule has 116 valence electrons. The first-order chi connectivity index (χ1) is 11.9. The Balaban J connectivity index is 1.74. The first-order valence-electron chi connectivity index (χ1n) is 7.85. The van der Waals surface area contributed by atoms with Crippen molar-refractivity contribution in [1.29, 1.82) is 0 Å². The average Bonchev–Trinajstić information content (AvgIpc) is 3.31. The summed E-state index contributed by atoms with van der Waals surface area (Å²) in [6.45, 7) is 0. The molecule has 0 atom stereocenters. The normalized spacial score (nSPS) is 11.8. The lowest BCUT2D eigenvalue weighted by molar-refractivity contribution is 1.69. The molecular weight excluding hydrogens is 328 g/mol. The monoisotopic (exact) mass is 344 g/mol. The quantitative estimate of drug-likeness (QED) is 0.364. The highest BCUT2D eigenvalue weighted by Gasteiger charge is 2.01. The molecule has 0 aliphatic carbocycles. The van der Waals surface area contributed by atoms with Gasteiger partial charge in [-0.25, -0.2) is 0 Å². The minimum Gasteiger partial charge on any atom is -0.144 e. The molecule has 0 bridgehead atoms. The van der Waals surface area contributed by atoms with Crippen molar-refractivity contribution in [3.8, 4) is 0 Å². The van der Waals surface area contributed by atoms with Crippen LogP contribution in [0, 0.1) is 0 Å². The Morgan fingerprint density at radius 3 is 1.42 bits per heavy atom. The molecule has 0 radical (unpaired) electrons. The first kappa shape index (κ1) is 15.1. The van der Waals surface area contributed by atoms with Crippen LogP contribution in [0.1, 0.15) is 20.9 Å². The summed E-state index contributed by atoms with van der Waals surface area (Å²) in [5.41, 5.74) is 2.51. The third kappa shape index (κ3) is 3.25. The third-order valence-corrected chi connectivity index (χ3v) is 5.61. The summed E-state index contributed by atoms with van der Waals surface area (Å²) in [4.78, 5) is 2.56. The fourth-order valence-electron chi connectivity index (χ4n) is 2.77. The molecule has 0 amide bonds. The molecule has 0 unspecified atom stereocenters. The molecular formula is C22H16S2. The molecule has 2 aromatic heterocycles. The van der Waals surface area contributed by atoms with E-state index in [1.165, 1.54) is 31.7 Å². The van der Waals surface area contributed by atoms with Gasteiger partial charge in [-0.05, 0) is 56.9 Å². The lowest BCUT2D eigenvalue weighted by atomic mass is 9.99. The van der Waals surface area contributed by atoms with E-state index >= 15 is 0 Å². The van der Waals surface area contributed by atoms with Gasteiger partial charge in [-0.2, -0.15) is 0 Å². The standard InChI is InChI=1S/C22H16S2/c1-5-17(11-13-19-7-3-15-23-19)22-10-2-6-18(21(22)9-1)12-14-20-8-4-16-24-20/h1-16H. The van der Waals surface area contributed by atoms with Crippen molar-refractivity contribution in [2.24, 2.45) is 0 Å². The molecule has 0 spiro atoms. The molecule has 0 saturated carbocycles. The molecule has 0 fully saturated rings. The van der Waals surface area contributed by atoms with Crippen LogP contribution in [0.2, 0.25) is 0 Å². The zero-order valence-electron chi connectivity index (χ0n) is 13.1. The van der Waals surface area contributed by atoms with E-state index in [1.54, 1.807) is 22.7 Å². The van der Waals surface area contributed by atoms with E-state index in [9.17, 15) is 0 Å². The van der Waals surface area contributed by atoms with E-state index in [0.717, 1.165) is 0 Å². The van der Waals surface area contributed by atoms with Crippen molar-refractivity contribution in [2.75, 3.05) is 0 Å². The lowest BCUT2D eigenvalue weighted by Crippen LogP contribution is -1.82. The molecule has 0 saturated heterocycles. The summed E-state index contributed by atoms with van der Waals surface area (Å²) in [5.74, 6) is 0. The molecule has 4 rings (SSSR count). The summed E-state index contributed by atoms with van der Waals surface area (Å²) in [7, 11) is 0. The van der Waals surface area contributed by atoms with Crippen LogP contribution >= 0.6 is 22.7 Å². The maximum Gasteiger partial charge on any atom is 0.0270 e. The third-order valence-electron chi connectivity index (χ3n) is 3.93. The molecule has 0 nitrogen and oxygen atoms in total. The molecule has 2 aromatic carbocycles. The van der Waals surface area contributed by atoms with Gasteiger partial charge in [0.05, 0.1) is 0 Å². The van der Waals surface area contributed by atoms with Crippen molar-refractivity contribution < 1.29 is 0 Å². The largest absolute Gasteiger partial charge is 0.144 e. The second-order valence-corrected chi connectivity index (χ2v) is 7.45. The van der Waals surface area contributed by atoms with Crippen LogP contribution in [-0.2, 0) is 0 Å². The van der Waals surface area contributed by atoms with E-state index in [4.69, 9.17) is 0 Å². The average molecular weight is 345 g/mol. The van der Waals surface area contributed by atoms with Gasteiger partial charge in [0.15, 0.2) is 0 Å². The van der Waals surface area contributed by atoms with Crippen LogP contribution in [0.4, 0.5) is 0 Å². The van der Waals surface area contributed by atoms with E-state index in [1.807, 2.05) is 0 Å². The van der Waals surface area contributed by atoms with E-state index in [-0.39, 0.29) is 0 Å². The van der Waals surface area contributed by atoms with Gasteiger partial charge in [-0.1, -0.05) is 60.7 Å². The van der Waals surface area contributed by atoms with Crippen molar-refractivity contribution in [3.05, 3.63) is 92.3 Å². The van der Waals surface area contributed by atoms with Crippen LogP contribution in [0.5, 0.6) is 0 Å². The SMILES string of the molecule is C(=Cc1cccc2c(C=Cc3cccs3)cccc12)c1cccs1. The Kier molecular flexibility index (Phi) is 4.41. The fraction of sp³-hybridized carbons (Fsp3) is 0.